The number of hydrogen-bond acceptors (Lipinski definition) is 5. The third kappa shape index (κ3) is 1.80. The van der Waals surface area contributed by atoms with E-state index in [0.717, 1.165) is 16.9 Å². The standard InChI is InChI=1S/C12H11N5S/c1-18-12-15-11-7-8(6-10(13)17(11)16-12)9-4-2-3-5-14-9/h2-7H,13H2,1H3. The zero-order chi connectivity index (χ0) is 12.5. The highest BCUT2D eigenvalue weighted by Crippen LogP contribution is 2.22. The normalized spacial score (nSPS) is 10.9. The lowest BCUT2D eigenvalue weighted by Gasteiger charge is -2.03. The van der Waals surface area contributed by atoms with Gasteiger partial charge in [-0.15, -0.1) is 5.10 Å². The van der Waals surface area contributed by atoms with E-state index in [1.54, 1.807) is 10.7 Å². The first kappa shape index (κ1) is 11.0. The van der Waals surface area contributed by atoms with Crippen molar-refractivity contribution in [3.63, 3.8) is 0 Å². The zero-order valence-electron chi connectivity index (χ0n) is 9.74. The molecule has 0 aliphatic heterocycles. The van der Waals surface area contributed by atoms with Gasteiger partial charge >= 0.3 is 0 Å². The van der Waals surface area contributed by atoms with Crippen LogP contribution in [0.3, 0.4) is 0 Å². The van der Waals surface area contributed by atoms with Crippen molar-refractivity contribution in [1.29, 1.82) is 0 Å². The Bertz CT molecular complexity index is 692. The summed E-state index contributed by atoms with van der Waals surface area (Å²) >= 11 is 1.49. The summed E-state index contributed by atoms with van der Waals surface area (Å²) in [5.41, 5.74) is 8.54. The Balaban J connectivity index is 2.21. The molecule has 0 fully saturated rings. The van der Waals surface area contributed by atoms with Crippen molar-refractivity contribution in [2.75, 3.05) is 12.0 Å². The molecule has 0 aromatic carbocycles. The Morgan fingerprint density at radius 3 is 2.89 bits per heavy atom. The second-order valence-electron chi connectivity index (χ2n) is 3.75. The SMILES string of the molecule is CSc1nc2cc(-c3ccccn3)cc(N)n2n1. The van der Waals surface area contributed by atoms with Crippen LogP contribution in [0, 0.1) is 0 Å². The van der Waals surface area contributed by atoms with Gasteiger partial charge in [-0.1, -0.05) is 17.8 Å². The van der Waals surface area contributed by atoms with Crippen molar-refractivity contribution in [1.82, 2.24) is 19.6 Å². The van der Waals surface area contributed by atoms with Crippen LogP contribution in [0.2, 0.25) is 0 Å². The highest BCUT2D eigenvalue weighted by Gasteiger charge is 2.08. The van der Waals surface area contributed by atoms with Crippen LogP contribution in [-0.2, 0) is 0 Å². The van der Waals surface area contributed by atoms with Crippen molar-refractivity contribution in [2.45, 2.75) is 5.16 Å². The second-order valence-corrected chi connectivity index (χ2v) is 4.53. The van der Waals surface area contributed by atoms with Crippen LogP contribution >= 0.6 is 11.8 Å². The predicted octanol–water partition coefficient (Wildman–Crippen LogP) is 2.10. The number of hydrogen-bond donors (Lipinski definition) is 1. The molecule has 5 nitrogen and oxygen atoms in total. The molecule has 0 radical (unpaired) electrons. The first-order valence-corrected chi connectivity index (χ1v) is 6.62. The maximum atomic E-state index is 5.99. The largest absolute Gasteiger partial charge is 0.384 e. The number of aromatic nitrogens is 4. The van der Waals surface area contributed by atoms with E-state index in [1.165, 1.54) is 11.8 Å². The van der Waals surface area contributed by atoms with Gasteiger partial charge in [0, 0.05) is 11.8 Å². The molecule has 3 rings (SSSR count). The lowest BCUT2D eigenvalue weighted by molar-refractivity contribution is 0.898. The summed E-state index contributed by atoms with van der Waals surface area (Å²) < 4.78 is 1.64. The van der Waals surface area contributed by atoms with E-state index in [4.69, 9.17) is 5.73 Å². The Labute approximate surface area is 108 Å². The molecule has 0 unspecified atom stereocenters. The molecule has 0 bridgehead atoms. The van der Waals surface area contributed by atoms with E-state index in [-0.39, 0.29) is 0 Å². The van der Waals surface area contributed by atoms with E-state index in [9.17, 15) is 0 Å². The van der Waals surface area contributed by atoms with Crippen molar-refractivity contribution >= 4 is 23.2 Å². The van der Waals surface area contributed by atoms with E-state index >= 15 is 0 Å². The summed E-state index contributed by atoms with van der Waals surface area (Å²) in [7, 11) is 0. The van der Waals surface area contributed by atoms with Crippen LogP contribution < -0.4 is 5.73 Å². The quantitative estimate of drug-likeness (QED) is 0.712. The van der Waals surface area contributed by atoms with Gasteiger partial charge in [0.1, 0.15) is 5.82 Å². The van der Waals surface area contributed by atoms with Crippen LogP contribution in [0.25, 0.3) is 16.9 Å². The summed E-state index contributed by atoms with van der Waals surface area (Å²) in [6.45, 7) is 0. The smallest absolute Gasteiger partial charge is 0.209 e. The fourth-order valence-electron chi connectivity index (χ4n) is 1.76. The third-order valence-corrected chi connectivity index (χ3v) is 3.13. The molecule has 0 atom stereocenters. The van der Waals surface area contributed by atoms with Gasteiger partial charge < -0.3 is 5.73 Å². The summed E-state index contributed by atoms with van der Waals surface area (Å²) in [4.78, 5) is 8.69. The molecular weight excluding hydrogens is 246 g/mol. The highest BCUT2D eigenvalue weighted by atomic mass is 32.2. The lowest BCUT2D eigenvalue weighted by atomic mass is 10.2. The predicted molar refractivity (Wildman–Crippen MR) is 72.4 cm³/mol. The minimum Gasteiger partial charge on any atom is -0.384 e. The number of rotatable bonds is 2. The number of anilines is 1. The molecule has 0 saturated carbocycles. The van der Waals surface area contributed by atoms with Crippen LogP contribution in [0.15, 0.2) is 41.7 Å². The monoisotopic (exact) mass is 257 g/mol. The van der Waals surface area contributed by atoms with Gasteiger partial charge in [0.2, 0.25) is 5.16 Å². The van der Waals surface area contributed by atoms with E-state index < -0.39 is 0 Å². The summed E-state index contributed by atoms with van der Waals surface area (Å²) in [5.74, 6) is 0.556. The molecule has 0 saturated heterocycles. The van der Waals surface area contributed by atoms with Gasteiger partial charge in [-0.2, -0.15) is 4.52 Å². The average Bonchev–Trinajstić information content (AvgIpc) is 2.83. The molecule has 6 heteroatoms. The van der Waals surface area contributed by atoms with Crippen molar-refractivity contribution in [3.8, 4) is 11.3 Å². The summed E-state index contributed by atoms with van der Waals surface area (Å²) in [6, 6.07) is 9.56. The van der Waals surface area contributed by atoms with Gasteiger partial charge in [-0.25, -0.2) is 4.98 Å². The number of fused-ring (bicyclic) bond motifs is 1. The number of nitrogens with two attached hydrogens (primary N) is 1. The minimum atomic E-state index is 0.556. The Morgan fingerprint density at radius 1 is 1.28 bits per heavy atom. The van der Waals surface area contributed by atoms with Gasteiger partial charge in [-0.3, -0.25) is 4.98 Å². The minimum absolute atomic E-state index is 0.556. The fraction of sp³-hybridized carbons (Fsp3) is 0.0833. The highest BCUT2D eigenvalue weighted by molar-refractivity contribution is 7.98. The van der Waals surface area contributed by atoms with Gasteiger partial charge in [0.15, 0.2) is 5.65 Å². The van der Waals surface area contributed by atoms with E-state index in [2.05, 4.69) is 15.1 Å². The van der Waals surface area contributed by atoms with E-state index in [1.807, 2.05) is 36.6 Å². The molecule has 90 valence electrons. The number of thioether (sulfide) groups is 1. The Hall–Kier alpha value is -2.08. The Morgan fingerprint density at radius 2 is 2.17 bits per heavy atom. The maximum absolute atomic E-state index is 5.99. The number of nitrogens with zero attached hydrogens (tertiary/aromatic N) is 4. The maximum Gasteiger partial charge on any atom is 0.209 e. The molecule has 3 aromatic rings. The lowest BCUT2D eigenvalue weighted by Crippen LogP contribution is -1.99. The van der Waals surface area contributed by atoms with Crippen LogP contribution in [-0.4, -0.2) is 25.8 Å². The molecular formula is C12H11N5S. The zero-order valence-corrected chi connectivity index (χ0v) is 10.6. The molecule has 3 aromatic heterocycles. The number of pyridine rings is 2. The van der Waals surface area contributed by atoms with Crippen molar-refractivity contribution in [2.24, 2.45) is 0 Å². The van der Waals surface area contributed by atoms with Crippen LogP contribution in [0.1, 0.15) is 0 Å². The molecule has 18 heavy (non-hydrogen) atoms. The van der Waals surface area contributed by atoms with E-state index in [0.29, 0.717) is 11.0 Å². The Kier molecular flexibility index (Phi) is 2.64. The molecule has 0 spiro atoms. The van der Waals surface area contributed by atoms with Gasteiger partial charge in [-0.05, 0) is 30.5 Å². The molecule has 0 aliphatic carbocycles. The summed E-state index contributed by atoms with van der Waals surface area (Å²) in [6.07, 6.45) is 3.69. The van der Waals surface area contributed by atoms with Crippen molar-refractivity contribution in [3.05, 3.63) is 36.5 Å². The third-order valence-electron chi connectivity index (χ3n) is 2.59. The molecule has 3 heterocycles. The molecule has 0 amide bonds. The van der Waals surface area contributed by atoms with Gasteiger partial charge in [0.05, 0.1) is 5.69 Å². The molecule has 0 aliphatic rings. The molecule has 2 N–H and O–H groups in total. The van der Waals surface area contributed by atoms with Crippen LogP contribution in [0.4, 0.5) is 5.82 Å². The average molecular weight is 257 g/mol. The van der Waals surface area contributed by atoms with Crippen molar-refractivity contribution < 1.29 is 0 Å². The first-order chi connectivity index (χ1) is 8.78. The van der Waals surface area contributed by atoms with Crippen LogP contribution in [0.5, 0.6) is 0 Å². The number of nitrogen functional groups attached to an aromatic ring is 1. The fourth-order valence-corrected chi connectivity index (χ4v) is 2.11. The second kappa shape index (κ2) is 4.30. The summed E-state index contributed by atoms with van der Waals surface area (Å²) in [5, 5.41) is 5.00. The first-order valence-electron chi connectivity index (χ1n) is 5.39. The van der Waals surface area contributed by atoms with Gasteiger partial charge in [0.25, 0.3) is 0 Å². The topological polar surface area (TPSA) is 69.1 Å².